The number of carbonyl (C=O) groups is 1. The van der Waals surface area contributed by atoms with Crippen LogP contribution in [0, 0.1) is 6.92 Å². The predicted molar refractivity (Wildman–Crippen MR) is 133 cm³/mol. The fourth-order valence-electron chi connectivity index (χ4n) is 3.24. The first-order valence-electron chi connectivity index (χ1n) is 10.1. The molecule has 12 heteroatoms. The van der Waals surface area contributed by atoms with Crippen molar-refractivity contribution in [2.24, 2.45) is 0 Å². The maximum Gasteiger partial charge on any atom is 0.269 e. The number of nitrogens with zero attached hydrogens (tertiary/aromatic N) is 3. The van der Waals surface area contributed by atoms with Gasteiger partial charge in [-0.3, -0.25) is 14.4 Å². The topological polar surface area (TPSA) is 111 Å². The minimum Gasteiger partial charge on any atom is -0.497 e. The van der Waals surface area contributed by atoms with Crippen molar-refractivity contribution in [3.63, 3.8) is 0 Å². The minimum absolute atomic E-state index is 0.0785. The summed E-state index contributed by atoms with van der Waals surface area (Å²) >= 11 is 2.67. The van der Waals surface area contributed by atoms with Crippen molar-refractivity contribution in [2.45, 2.75) is 22.3 Å². The summed E-state index contributed by atoms with van der Waals surface area (Å²) in [4.78, 5) is 13.1. The van der Waals surface area contributed by atoms with E-state index in [1.165, 1.54) is 46.6 Å². The van der Waals surface area contributed by atoms with E-state index in [0.29, 0.717) is 32.4 Å². The number of aryl methyl sites for hydroxylation is 1. The largest absolute Gasteiger partial charge is 0.497 e. The van der Waals surface area contributed by atoms with Crippen molar-refractivity contribution >= 4 is 49.8 Å². The van der Waals surface area contributed by atoms with Gasteiger partial charge in [-0.15, -0.1) is 16.8 Å². The average Bonchev–Trinajstić information content (AvgIpc) is 3.29. The molecule has 0 saturated heterocycles. The van der Waals surface area contributed by atoms with Gasteiger partial charge in [0.05, 0.1) is 24.2 Å². The first-order valence-corrected chi connectivity index (χ1v) is 13.4. The summed E-state index contributed by atoms with van der Waals surface area (Å²) in [6.45, 7) is 5.32. The second-order valence-corrected chi connectivity index (χ2v) is 11.4. The lowest BCUT2D eigenvalue weighted by Crippen LogP contribution is -2.48. The van der Waals surface area contributed by atoms with Gasteiger partial charge in [-0.25, -0.2) is 8.42 Å². The number of nitrogens with one attached hydrogen (secondary N) is 1. The lowest BCUT2D eigenvalue weighted by molar-refractivity contribution is -0.122. The number of sulfonamides is 1. The van der Waals surface area contributed by atoms with Gasteiger partial charge in [0.15, 0.2) is 10.4 Å². The van der Waals surface area contributed by atoms with E-state index >= 15 is 0 Å². The second kappa shape index (κ2) is 10.0. The fraction of sp³-hybridized carbons (Fsp3) is 0.227. The Morgan fingerprint density at radius 3 is 2.79 bits per heavy atom. The number of fused-ring (bicyclic) bond motifs is 1. The van der Waals surface area contributed by atoms with Gasteiger partial charge in [0.25, 0.3) is 15.9 Å². The van der Waals surface area contributed by atoms with Crippen LogP contribution in [0.3, 0.4) is 0 Å². The third-order valence-electron chi connectivity index (χ3n) is 4.89. The molecule has 1 N–H and O–H groups in total. The molecule has 178 valence electrons. The average molecular weight is 519 g/mol. The van der Waals surface area contributed by atoms with Crippen molar-refractivity contribution in [1.29, 1.82) is 0 Å². The zero-order valence-corrected chi connectivity index (χ0v) is 20.9. The van der Waals surface area contributed by atoms with Crippen molar-refractivity contribution < 1.29 is 22.7 Å². The molecular weight excluding hydrogens is 496 g/mol. The third kappa shape index (κ3) is 5.03. The lowest BCUT2D eigenvalue weighted by atomic mass is 10.1. The normalized spacial score (nSPS) is 15.2. The molecule has 0 bridgehead atoms. The van der Waals surface area contributed by atoms with Gasteiger partial charge in [0, 0.05) is 5.75 Å². The van der Waals surface area contributed by atoms with Crippen LogP contribution in [0.15, 0.2) is 64.4 Å². The highest BCUT2D eigenvalue weighted by molar-refractivity contribution is 8.01. The number of amides is 1. The molecule has 0 aliphatic carbocycles. The molecule has 4 rings (SSSR count). The van der Waals surface area contributed by atoms with Gasteiger partial charge >= 0.3 is 0 Å². The summed E-state index contributed by atoms with van der Waals surface area (Å²) in [5, 5.41) is 11.0. The molecular formula is C22H22N4O5S3. The molecule has 0 unspecified atom stereocenters. The van der Waals surface area contributed by atoms with E-state index in [9.17, 15) is 13.2 Å². The lowest BCUT2D eigenvalue weighted by Gasteiger charge is -2.34. The highest BCUT2D eigenvalue weighted by Crippen LogP contribution is 2.38. The molecule has 0 radical (unpaired) electrons. The molecule has 0 spiro atoms. The molecule has 0 fully saturated rings. The molecule has 2 heterocycles. The van der Waals surface area contributed by atoms with Crippen LogP contribution in [0.25, 0.3) is 0 Å². The van der Waals surface area contributed by atoms with Crippen molar-refractivity contribution in [3.05, 3.63) is 60.7 Å². The van der Waals surface area contributed by atoms with Gasteiger partial charge < -0.3 is 9.47 Å². The molecule has 1 aromatic heterocycles. The van der Waals surface area contributed by atoms with Crippen LogP contribution >= 0.6 is 23.1 Å². The number of aromatic nitrogens is 2. The van der Waals surface area contributed by atoms with Crippen LogP contribution in [-0.4, -0.2) is 50.0 Å². The Labute approximate surface area is 205 Å². The van der Waals surface area contributed by atoms with Crippen LogP contribution in [0.1, 0.15) is 5.56 Å². The second-order valence-electron chi connectivity index (χ2n) is 7.25. The molecule has 0 saturated carbocycles. The summed E-state index contributed by atoms with van der Waals surface area (Å²) in [7, 11) is -2.48. The maximum atomic E-state index is 13.6. The Morgan fingerprint density at radius 1 is 1.32 bits per heavy atom. The molecule has 1 aliphatic heterocycles. The molecule has 1 atom stereocenters. The molecule has 9 nitrogen and oxygen atoms in total. The predicted octanol–water partition coefficient (Wildman–Crippen LogP) is 3.73. The standard InChI is InChI=1S/C22H22N4O5S3/c1-4-11-32-22-25-24-21(33-22)23-20(27)19-13-26(17-12-14(2)5-10-18(17)31-19)34(28,29)16-8-6-15(30-3)7-9-16/h4-10,12,19H,1,11,13H2,2-3H3,(H,23,24,27)/t19-/m1/s1. The summed E-state index contributed by atoms with van der Waals surface area (Å²) in [6.07, 6.45) is 0.661. The summed E-state index contributed by atoms with van der Waals surface area (Å²) in [5.74, 6) is 0.992. The van der Waals surface area contributed by atoms with E-state index in [2.05, 4.69) is 22.1 Å². The molecule has 1 aliphatic rings. The molecule has 3 aromatic rings. The van der Waals surface area contributed by atoms with Crippen molar-refractivity contribution in [2.75, 3.05) is 29.0 Å². The highest BCUT2D eigenvalue weighted by atomic mass is 32.2. The van der Waals surface area contributed by atoms with Gasteiger partial charge in [-0.1, -0.05) is 35.2 Å². The maximum absolute atomic E-state index is 13.6. The van der Waals surface area contributed by atoms with Crippen LogP contribution in [0.2, 0.25) is 0 Å². The van der Waals surface area contributed by atoms with Gasteiger partial charge in [-0.2, -0.15) is 0 Å². The zero-order valence-electron chi connectivity index (χ0n) is 18.4. The van der Waals surface area contributed by atoms with Crippen LogP contribution in [0.5, 0.6) is 11.5 Å². The molecule has 2 aromatic carbocycles. The number of carbonyl (C=O) groups excluding carboxylic acids is 1. The first kappa shape index (κ1) is 24.0. The summed E-state index contributed by atoms with van der Waals surface area (Å²) in [5.41, 5.74) is 1.23. The fourth-order valence-corrected chi connectivity index (χ4v) is 6.22. The Bertz CT molecular complexity index is 1310. The van der Waals surface area contributed by atoms with Crippen molar-refractivity contribution in [1.82, 2.24) is 10.2 Å². The number of anilines is 2. The minimum atomic E-state index is -3.98. The number of hydrogen-bond acceptors (Lipinski definition) is 9. The first-order chi connectivity index (χ1) is 16.3. The van der Waals surface area contributed by atoms with E-state index in [0.717, 1.165) is 5.56 Å². The molecule has 1 amide bonds. The highest BCUT2D eigenvalue weighted by Gasteiger charge is 2.38. The quantitative estimate of drug-likeness (QED) is 0.273. The number of rotatable bonds is 8. The van der Waals surface area contributed by atoms with Crippen LogP contribution in [-0.2, 0) is 14.8 Å². The summed E-state index contributed by atoms with van der Waals surface area (Å²) < 4.78 is 40.0. The number of methoxy groups -OCH3 is 1. The smallest absolute Gasteiger partial charge is 0.269 e. The van der Waals surface area contributed by atoms with E-state index < -0.39 is 22.0 Å². The van der Waals surface area contributed by atoms with Crippen LogP contribution < -0.4 is 19.1 Å². The number of benzene rings is 2. The Hall–Kier alpha value is -3.09. The zero-order chi connectivity index (χ0) is 24.3. The Morgan fingerprint density at radius 2 is 2.09 bits per heavy atom. The van der Waals surface area contributed by atoms with Gasteiger partial charge in [-0.05, 0) is 48.9 Å². The van der Waals surface area contributed by atoms with E-state index in [1.807, 2.05) is 6.92 Å². The number of ether oxygens (including phenoxy) is 2. The van der Waals surface area contributed by atoms with Gasteiger partial charge in [0.1, 0.15) is 11.5 Å². The Balaban J connectivity index is 1.62. The number of hydrogen-bond donors (Lipinski definition) is 1. The SMILES string of the molecule is C=CCSc1nnc(NC(=O)[C@H]2CN(S(=O)(=O)c3ccc(OC)cc3)c3cc(C)ccc3O2)s1. The molecule has 34 heavy (non-hydrogen) atoms. The number of thioether (sulfide) groups is 1. The summed E-state index contributed by atoms with van der Waals surface area (Å²) in [6, 6.07) is 11.3. The van der Waals surface area contributed by atoms with E-state index in [1.54, 1.807) is 36.4 Å². The van der Waals surface area contributed by atoms with E-state index in [4.69, 9.17) is 9.47 Å². The van der Waals surface area contributed by atoms with Crippen LogP contribution in [0.4, 0.5) is 10.8 Å². The van der Waals surface area contributed by atoms with E-state index in [-0.39, 0.29) is 11.4 Å². The van der Waals surface area contributed by atoms with Crippen molar-refractivity contribution in [3.8, 4) is 11.5 Å². The monoisotopic (exact) mass is 518 g/mol. The Kier molecular flexibility index (Phi) is 7.10. The van der Waals surface area contributed by atoms with Gasteiger partial charge in [0.2, 0.25) is 5.13 Å². The third-order valence-corrected chi connectivity index (χ3v) is 8.65.